The van der Waals surface area contributed by atoms with Crippen molar-refractivity contribution >= 4 is 21.7 Å². The lowest BCUT2D eigenvalue weighted by atomic mass is 10.4. The van der Waals surface area contributed by atoms with E-state index in [9.17, 15) is 0 Å². The third kappa shape index (κ3) is 1.38. The van der Waals surface area contributed by atoms with Crippen LogP contribution in [0.4, 0.5) is 5.82 Å². The minimum Gasteiger partial charge on any atom is -0.381 e. The topological polar surface area (TPSA) is 51.8 Å². The van der Waals surface area contributed by atoms with Crippen molar-refractivity contribution < 1.29 is 0 Å². The van der Waals surface area contributed by atoms with E-state index < -0.39 is 0 Å². The zero-order chi connectivity index (χ0) is 6.85. The van der Waals surface area contributed by atoms with Crippen LogP contribution in [0.5, 0.6) is 0 Å². The molecule has 0 saturated heterocycles. The molecular formula is C5H6BrN3. The third-order valence-corrected chi connectivity index (χ3v) is 1.53. The average Bonchev–Trinajstić information content (AvgIpc) is 1.80. The summed E-state index contributed by atoms with van der Waals surface area (Å²) in [4.78, 5) is 0. The minimum atomic E-state index is 0.431. The Morgan fingerprint density at radius 2 is 2.22 bits per heavy atom. The summed E-state index contributed by atoms with van der Waals surface area (Å²) in [5.41, 5.74) is 6.23. The van der Waals surface area contributed by atoms with Gasteiger partial charge in [0.25, 0.3) is 0 Å². The molecule has 1 heterocycles. The van der Waals surface area contributed by atoms with E-state index in [1.54, 1.807) is 0 Å². The van der Waals surface area contributed by atoms with Crippen molar-refractivity contribution in [2.75, 3.05) is 5.73 Å². The molecule has 0 amide bonds. The predicted molar refractivity (Wildman–Crippen MR) is 38.9 cm³/mol. The van der Waals surface area contributed by atoms with Crippen LogP contribution in [0.25, 0.3) is 0 Å². The van der Waals surface area contributed by atoms with E-state index in [1.165, 1.54) is 0 Å². The van der Waals surface area contributed by atoms with E-state index in [0.717, 1.165) is 10.2 Å². The Morgan fingerprint density at radius 1 is 1.56 bits per heavy atom. The normalized spacial score (nSPS) is 9.56. The number of hydrogen-bond donors (Lipinski definition) is 1. The van der Waals surface area contributed by atoms with Crippen molar-refractivity contribution in [2.45, 2.75) is 6.92 Å². The summed E-state index contributed by atoms with van der Waals surface area (Å²) < 4.78 is 0.801. The highest BCUT2D eigenvalue weighted by atomic mass is 79.9. The summed E-state index contributed by atoms with van der Waals surface area (Å²) >= 11 is 3.22. The number of nitrogens with two attached hydrogens (primary N) is 1. The Kier molecular flexibility index (Phi) is 1.66. The summed E-state index contributed by atoms with van der Waals surface area (Å²) in [6.45, 7) is 1.86. The molecule has 1 aromatic heterocycles. The number of nitrogen functional groups attached to an aromatic ring is 1. The van der Waals surface area contributed by atoms with Gasteiger partial charge in [0.2, 0.25) is 0 Å². The van der Waals surface area contributed by atoms with Gasteiger partial charge in [-0.25, -0.2) is 0 Å². The lowest BCUT2D eigenvalue weighted by molar-refractivity contribution is 0.984. The highest BCUT2D eigenvalue weighted by Gasteiger charge is 1.94. The number of rotatable bonds is 0. The van der Waals surface area contributed by atoms with E-state index in [2.05, 4.69) is 26.1 Å². The molecule has 0 radical (unpaired) electrons. The molecular weight excluding hydrogens is 182 g/mol. The van der Waals surface area contributed by atoms with E-state index in [1.807, 2.05) is 13.0 Å². The Labute approximate surface area is 61.4 Å². The molecule has 0 fully saturated rings. The monoisotopic (exact) mass is 187 g/mol. The second-order valence-corrected chi connectivity index (χ2v) is 2.57. The van der Waals surface area contributed by atoms with Crippen molar-refractivity contribution in [1.82, 2.24) is 10.2 Å². The molecule has 0 unspecified atom stereocenters. The maximum absolute atomic E-state index is 5.37. The standard InChI is InChI=1S/C5H6BrN3/c1-3-2-4(6)5(7)9-8-3/h2H,1H3,(H2,7,9). The number of aromatic nitrogens is 2. The van der Waals surface area contributed by atoms with E-state index >= 15 is 0 Å². The first-order valence-corrected chi connectivity index (χ1v) is 3.25. The summed E-state index contributed by atoms with van der Waals surface area (Å²) in [7, 11) is 0. The van der Waals surface area contributed by atoms with Crippen LogP contribution < -0.4 is 5.73 Å². The molecule has 0 aliphatic heterocycles. The van der Waals surface area contributed by atoms with Crippen LogP contribution in [0.3, 0.4) is 0 Å². The molecule has 3 nitrogen and oxygen atoms in total. The molecule has 9 heavy (non-hydrogen) atoms. The largest absolute Gasteiger partial charge is 0.381 e. The van der Waals surface area contributed by atoms with Crippen molar-refractivity contribution in [3.63, 3.8) is 0 Å². The number of halogens is 1. The summed E-state index contributed by atoms with van der Waals surface area (Å²) in [5, 5.41) is 7.39. The van der Waals surface area contributed by atoms with Crippen molar-refractivity contribution in [3.05, 3.63) is 16.2 Å². The molecule has 4 heteroatoms. The van der Waals surface area contributed by atoms with Crippen molar-refractivity contribution in [1.29, 1.82) is 0 Å². The fraction of sp³-hybridized carbons (Fsp3) is 0.200. The van der Waals surface area contributed by atoms with Crippen molar-refractivity contribution in [3.8, 4) is 0 Å². The van der Waals surface area contributed by atoms with Crippen LogP contribution >= 0.6 is 15.9 Å². The van der Waals surface area contributed by atoms with E-state index in [-0.39, 0.29) is 0 Å². The molecule has 1 rings (SSSR count). The number of hydrogen-bond acceptors (Lipinski definition) is 3. The van der Waals surface area contributed by atoms with Crippen LogP contribution in [0.2, 0.25) is 0 Å². The Bertz CT molecular complexity index is 223. The van der Waals surface area contributed by atoms with Gasteiger partial charge < -0.3 is 5.73 Å². The molecule has 2 N–H and O–H groups in total. The lowest BCUT2D eigenvalue weighted by Crippen LogP contribution is -1.94. The molecule has 0 bridgehead atoms. The van der Waals surface area contributed by atoms with Crippen LogP contribution in [0, 0.1) is 6.92 Å². The Balaban J connectivity index is 3.17. The van der Waals surface area contributed by atoms with Crippen LogP contribution in [0.1, 0.15) is 5.69 Å². The van der Waals surface area contributed by atoms with Crippen LogP contribution in [0.15, 0.2) is 10.5 Å². The molecule has 0 spiro atoms. The molecule has 0 aromatic carbocycles. The van der Waals surface area contributed by atoms with E-state index in [4.69, 9.17) is 5.73 Å². The van der Waals surface area contributed by atoms with Crippen molar-refractivity contribution in [2.24, 2.45) is 0 Å². The smallest absolute Gasteiger partial charge is 0.160 e. The number of nitrogens with zero attached hydrogens (tertiary/aromatic N) is 2. The maximum Gasteiger partial charge on any atom is 0.160 e. The van der Waals surface area contributed by atoms with Gasteiger partial charge in [0.05, 0.1) is 10.2 Å². The quantitative estimate of drug-likeness (QED) is 0.663. The minimum absolute atomic E-state index is 0.431. The summed E-state index contributed by atoms with van der Waals surface area (Å²) in [6, 6.07) is 1.82. The molecule has 0 atom stereocenters. The fourth-order valence-corrected chi connectivity index (χ4v) is 0.877. The zero-order valence-corrected chi connectivity index (χ0v) is 6.51. The molecule has 48 valence electrons. The second-order valence-electron chi connectivity index (χ2n) is 1.72. The van der Waals surface area contributed by atoms with Gasteiger partial charge in [-0.3, -0.25) is 0 Å². The second kappa shape index (κ2) is 2.31. The third-order valence-electron chi connectivity index (χ3n) is 0.896. The summed E-state index contributed by atoms with van der Waals surface area (Å²) in [5.74, 6) is 0.431. The van der Waals surface area contributed by atoms with Gasteiger partial charge in [-0.05, 0) is 28.9 Å². The maximum atomic E-state index is 5.37. The molecule has 0 aliphatic rings. The van der Waals surface area contributed by atoms with Gasteiger partial charge >= 0.3 is 0 Å². The zero-order valence-electron chi connectivity index (χ0n) is 4.93. The van der Waals surface area contributed by atoms with Crippen LogP contribution in [-0.4, -0.2) is 10.2 Å². The molecule has 1 aromatic rings. The Hall–Kier alpha value is -0.640. The average molecular weight is 188 g/mol. The predicted octanol–water partition coefficient (Wildman–Crippen LogP) is 1.13. The van der Waals surface area contributed by atoms with Gasteiger partial charge in [0.15, 0.2) is 5.82 Å². The first kappa shape index (κ1) is 6.48. The molecule has 0 saturated carbocycles. The highest BCUT2D eigenvalue weighted by Crippen LogP contribution is 2.14. The molecule has 0 aliphatic carbocycles. The highest BCUT2D eigenvalue weighted by molar-refractivity contribution is 9.10. The number of aryl methyl sites for hydroxylation is 1. The van der Waals surface area contributed by atoms with Crippen LogP contribution in [-0.2, 0) is 0 Å². The first-order chi connectivity index (χ1) is 4.20. The van der Waals surface area contributed by atoms with Gasteiger partial charge in [-0.1, -0.05) is 0 Å². The SMILES string of the molecule is Cc1cc(Br)c(N)nn1. The van der Waals surface area contributed by atoms with Gasteiger partial charge in [0, 0.05) is 0 Å². The lowest BCUT2D eigenvalue weighted by Gasteiger charge is -1.94. The van der Waals surface area contributed by atoms with Gasteiger partial charge in [-0.2, -0.15) is 5.10 Å². The Morgan fingerprint density at radius 3 is 2.67 bits per heavy atom. The van der Waals surface area contributed by atoms with Gasteiger partial charge in [0.1, 0.15) is 0 Å². The first-order valence-electron chi connectivity index (χ1n) is 2.45. The fourth-order valence-electron chi connectivity index (χ4n) is 0.467. The van der Waals surface area contributed by atoms with E-state index in [0.29, 0.717) is 5.82 Å². The summed E-state index contributed by atoms with van der Waals surface area (Å²) in [6.07, 6.45) is 0. The number of anilines is 1. The van der Waals surface area contributed by atoms with Gasteiger partial charge in [-0.15, -0.1) is 5.10 Å².